The van der Waals surface area contributed by atoms with Crippen molar-refractivity contribution in [3.05, 3.63) is 29.4 Å². The van der Waals surface area contributed by atoms with Crippen molar-refractivity contribution in [1.82, 2.24) is 19.6 Å². The Bertz CT molecular complexity index is 800. The smallest absolute Gasteiger partial charge is 0.226 e. The maximum Gasteiger partial charge on any atom is 0.226 e. The molecule has 0 unspecified atom stereocenters. The highest BCUT2D eigenvalue weighted by Gasteiger charge is 2.13. The molecule has 7 nitrogen and oxygen atoms in total. The Labute approximate surface area is 119 Å². The van der Waals surface area contributed by atoms with E-state index in [4.69, 9.17) is 27.8 Å². The summed E-state index contributed by atoms with van der Waals surface area (Å²) < 4.78 is 6.87. The van der Waals surface area contributed by atoms with Gasteiger partial charge in [-0.25, -0.2) is 4.98 Å². The molecule has 3 aromatic rings. The molecule has 0 aliphatic rings. The van der Waals surface area contributed by atoms with E-state index < -0.39 is 0 Å². The standard InChI is InChI=1S/C12H11ClN6O/c1-20-9-3-2-6(13)4-7(9)8-5-19-11(10(14)16-8)17-18-12(19)15/h2-5H,1H3,(H2,14,16)(H2,15,18). The SMILES string of the molecule is COc1ccc(Cl)cc1-c1cn2c(N)nnc2c(N)n1. The van der Waals surface area contributed by atoms with E-state index >= 15 is 0 Å². The van der Waals surface area contributed by atoms with Crippen LogP contribution >= 0.6 is 11.6 Å². The van der Waals surface area contributed by atoms with Gasteiger partial charge in [-0.05, 0) is 18.2 Å². The van der Waals surface area contributed by atoms with Crippen LogP contribution in [-0.4, -0.2) is 26.7 Å². The van der Waals surface area contributed by atoms with Gasteiger partial charge in [0.1, 0.15) is 5.75 Å². The van der Waals surface area contributed by atoms with E-state index in [2.05, 4.69) is 15.2 Å². The Balaban J connectivity index is 2.29. The van der Waals surface area contributed by atoms with E-state index in [-0.39, 0.29) is 11.8 Å². The molecule has 0 radical (unpaired) electrons. The van der Waals surface area contributed by atoms with Gasteiger partial charge in [0.25, 0.3) is 0 Å². The molecule has 4 N–H and O–H groups in total. The first-order valence-corrected chi connectivity index (χ1v) is 6.08. The molecule has 3 rings (SSSR count). The molecule has 0 aliphatic heterocycles. The third kappa shape index (κ3) is 1.88. The highest BCUT2D eigenvalue weighted by atomic mass is 35.5. The second-order valence-electron chi connectivity index (χ2n) is 4.11. The van der Waals surface area contributed by atoms with Crippen LogP contribution in [0.2, 0.25) is 5.02 Å². The van der Waals surface area contributed by atoms with Gasteiger partial charge in [0.2, 0.25) is 11.6 Å². The van der Waals surface area contributed by atoms with Crippen molar-refractivity contribution in [2.75, 3.05) is 18.6 Å². The number of benzene rings is 1. The van der Waals surface area contributed by atoms with Gasteiger partial charge in [-0.3, -0.25) is 4.40 Å². The summed E-state index contributed by atoms with van der Waals surface area (Å²) in [6.45, 7) is 0. The molecule has 2 heterocycles. The summed E-state index contributed by atoms with van der Waals surface area (Å²) in [6.07, 6.45) is 1.69. The molecule has 0 bridgehead atoms. The van der Waals surface area contributed by atoms with E-state index in [0.29, 0.717) is 27.7 Å². The van der Waals surface area contributed by atoms with Gasteiger partial charge >= 0.3 is 0 Å². The number of hydrogen-bond donors (Lipinski definition) is 2. The molecule has 8 heteroatoms. The average Bonchev–Trinajstić information content (AvgIpc) is 2.81. The predicted molar refractivity (Wildman–Crippen MR) is 76.6 cm³/mol. The molecule has 0 spiro atoms. The lowest BCUT2D eigenvalue weighted by Gasteiger charge is -2.09. The quantitative estimate of drug-likeness (QED) is 0.743. The number of nitrogens with zero attached hydrogens (tertiary/aromatic N) is 4. The lowest BCUT2D eigenvalue weighted by atomic mass is 10.1. The van der Waals surface area contributed by atoms with Gasteiger partial charge < -0.3 is 16.2 Å². The van der Waals surface area contributed by atoms with Gasteiger partial charge in [-0.2, -0.15) is 0 Å². The first-order chi connectivity index (χ1) is 9.60. The maximum absolute atomic E-state index is 6.02. The Kier molecular flexibility index (Phi) is 2.83. The fraction of sp³-hybridized carbons (Fsp3) is 0.0833. The summed E-state index contributed by atoms with van der Waals surface area (Å²) in [4.78, 5) is 4.29. The zero-order valence-electron chi connectivity index (χ0n) is 10.5. The molecule has 0 aliphatic carbocycles. The fourth-order valence-corrected chi connectivity index (χ4v) is 2.12. The number of nitrogens with two attached hydrogens (primary N) is 2. The Morgan fingerprint density at radius 3 is 2.80 bits per heavy atom. The lowest BCUT2D eigenvalue weighted by Crippen LogP contribution is -2.02. The highest BCUT2D eigenvalue weighted by Crippen LogP contribution is 2.32. The number of ether oxygens (including phenoxy) is 1. The van der Waals surface area contributed by atoms with Crippen LogP contribution in [-0.2, 0) is 0 Å². The highest BCUT2D eigenvalue weighted by molar-refractivity contribution is 6.30. The molecular formula is C12H11ClN6O. The van der Waals surface area contributed by atoms with Gasteiger partial charge in [-0.15, -0.1) is 10.2 Å². The Hall–Kier alpha value is -2.54. The summed E-state index contributed by atoms with van der Waals surface area (Å²) in [7, 11) is 1.57. The van der Waals surface area contributed by atoms with Crippen molar-refractivity contribution in [2.45, 2.75) is 0 Å². The molecule has 1 aromatic carbocycles. The fourth-order valence-electron chi connectivity index (χ4n) is 1.95. The van der Waals surface area contributed by atoms with Gasteiger partial charge in [0.15, 0.2) is 5.82 Å². The Morgan fingerprint density at radius 2 is 2.05 bits per heavy atom. The van der Waals surface area contributed by atoms with Crippen LogP contribution in [0.25, 0.3) is 16.9 Å². The van der Waals surface area contributed by atoms with E-state index in [1.807, 2.05) is 0 Å². The second-order valence-corrected chi connectivity index (χ2v) is 4.54. The molecule has 0 amide bonds. The molecule has 102 valence electrons. The summed E-state index contributed by atoms with van der Waals surface area (Å²) in [5.74, 6) is 1.09. The molecule has 0 fully saturated rings. The summed E-state index contributed by atoms with van der Waals surface area (Å²) in [5, 5.41) is 8.19. The normalized spacial score (nSPS) is 10.9. The van der Waals surface area contributed by atoms with Crippen molar-refractivity contribution in [3.8, 4) is 17.0 Å². The topological polar surface area (TPSA) is 104 Å². The van der Waals surface area contributed by atoms with Gasteiger partial charge in [0, 0.05) is 16.8 Å². The average molecular weight is 291 g/mol. The first kappa shape index (κ1) is 12.5. The van der Waals surface area contributed by atoms with Crippen molar-refractivity contribution in [1.29, 1.82) is 0 Å². The van der Waals surface area contributed by atoms with Crippen LogP contribution in [0.4, 0.5) is 11.8 Å². The summed E-state index contributed by atoms with van der Waals surface area (Å²) >= 11 is 6.02. The van der Waals surface area contributed by atoms with Crippen molar-refractivity contribution >= 4 is 29.0 Å². The third-order valence-electron chi connectivity index (χ3n) is 2.88. The molecule has 0 atom stereocenters. The van der Waals surface area contributed by atoms with Crippen molar-refractivity contribution in [3.63, 3.8) is 0 Å². The number of halogens is 1. The lowest BCUT2D eigenvalue weighted by molar-refractivity contribution is 0.416. The summed E-state index contributed by atoms with van der Waals surface area (Å²) in [5.41, 5.74) is 13.3. The van der Waals surface area contributed by atoms with Crippen LogP contribution in [0.5, 0.6) is 5.75 Å². The first-order valence-electron chi connectivity index (χ1n) is 5.71. The minimum Gasteiger partial charge on any atom is -0.496 e. The number of anilines is 2. The molecule has 20 heavy (non-hydrogen) atoms. The second kappa shape index (κ2) is 4.53. The van der Waals surface area contributed by atoms with E-state index in [1.165, 1.54) is 0 Å². The zero-order chi connectivity index (χ0) is 14.3. The van der Waals surface area contributed by atoms with Crippen LogP contribution in [0.15, 0.2) is 24.4 Å². The number of aromatic nitrogens is 4. The number of nitrogen functional groups attached to an aromatic ring is 2. The monoisotopic (exact) mass is 290 g/mol. The number of hydrogen-bond acceptors (Lipinski definition) is 6. The predicted octanol–water partition coefficient (Wildman–Crippen LogP) is 1.62. The maximum atomic E-state index is 6.02. The van der Waals surface area contributed by atoms with E-state index in [1.54, 1.807) is 35.9 Å². The van der Waals surface area contributed by atoms with Crippen LogP contribution < -0.4 is 16.2 Å². The van der Waals surface area contributed by atoms with Crippen LogP contribution in [0.1, 0.15) is 0 Å². The van der Waals surface area contributed by atoms with Crippen molar-refractivity contribution < 1.29 is 4.74 Å². The molecular weight excluding hydrogens is 280 g/mol. The molecule has 2 aromatic heterocycles. The number of methoxy groups -OCH3 is 1. The Morgan fingerprint density at radius 1 is 1.25 bits per heavy atom. The van der Waals surface area contributed by atoms with Gasteiger partial charge in [-0.1, -0.05) is 11.6 Å². The number of fused-ring (bicyclic) bond motifs is 1. The van der Waals surface area contributed by atoms with Crippen LogP contribution in [0.3, 0.4) is 0 Å². The van der Waals surface area contributed by atoms with E-state index in [9.17, 15) is 0 Å². The van der Waals surface area contributed by atoms with Crippen molar-refractivity contribution in [2.24, 2.45) is 0 Å². The minimum absolute atomic E-state index is 0.230. The van der Waals surface area contributed by atoms with Crippen LogP contribution in [0, 0.1) is 0 Å². The zero-order valence-corrected chi connectivity index (χ0v) is 11.3. The molecule has 0 saturated carbocycles. The number of rotatable bonds is 2. The third-order valence-corrected chi connectivity index (χ3v) is 3.12. The molecule has 0 saturated heterocycles. The minimum atomic E-state index is 0.230. The van der Waals surface area contributed by atoms with E-state index in [0.717, 1.165) is 0 Å². The summed E-state index contributed by atoms with van der Waals surface area (Å²) in [6, 6.07) is 5.24. The van der Waals surface area contributed by atoms with Gasteiger partial charge in [0.05, 0.1) is 12.8 Å². The largest absolute Gasteiger partial charge is 0.496 e.